The zero-order valence-electron chi connectivity index (χ0n) is 14.3. The molecule has 2 N–H and O–H groups in total. The molecular weight excluding hydrogens is 375 g/mol. The highest BCUT2D eigenvalue weighted by Crippen LogP contribution is 2.20. The van der Waals surface area contributed by atoms with Crippen LogP contribution in [0.1, 0.15) is 19.3 Å². The van der Waals surface area contributed by atoms with E-state index in [0.717, 1.165) is 0 Å². The molecule has 27 heavy (non-hydrogen) atoms. The van der Waals surface area contributed by atoms with Gasteiger partial charge in [-0.15, -0.1) is 0 Å². The first kappa shape index (κ1) is 20.4. The van der Waals surface area contributed by atoms with Gasteiger partial charge in [0.05, 0.1) is 10.7 Å². The van der Waals surface area contributed by atoms with Crippen molar-refractivity contribution in [1.29, 1.82) is 0 Å². The summed E-state index contributed by atoms with van der Waals surface area (Å²) in [7, 11) is 0. The second kappa shape index (κ2) is 10.3. The van der Waals surface area contributed by atoms with Gasteiger partial charge in [0.2, 0.25) is 5.91 Å². The fraction of sp³-hybridized carbons (Fsp3) is 0.211. The number of para-hydroxylation sites is 1. The molecule has 2 aromatic carbocycles. The van der Waals surface area contributed by atoms with Gasteiger partial charge in [-0.3, -0.25) is 14.4 Å². The highest BCUT2D eigenvalue weighted by atomic mass is 35.5. The van der Waals surface area contributed by atoms with Gasteiger partial charge in [-0.05, 0) is 42.8 Å². The minimum Gasteiger partial charge on any atom is -0.456 e. The van der Waals surface area contributed by atoms with E-state index in [0.29, 0.717) is 16.4 Å². The van der Waals surface area contributed by atoms with E-state index in [4.69, 9.17) is 16.3 Å². The van der Waals surface area contributed by atoms with E-state index < -0.39 is 24.3 Å². The quantitative estimate of drug-likeness (QED) is 0.670. The maximum atomic E-state index is 12.8. The van der Waals surface area contributed by atoms with Gasteiger partial charge in [0.1, 0.15) is 5.82 Å². The Morgan fingerprint density at radius 1 is 0.926 bits per heavy atom. The molecule has 0 aromatic heterocycles. The lowest BCUT2D eigenvalue weighted by molar-refractivity contribution is -0.147. The number of carbonyl (C=O) groups is 3. The fourth-order valence-electron chi connectivity index (χ4n) is 2.12. The molecule has 0 spiro atoms. The minimum atomic E-state index is -0.588. The van der Waals surface area contributed by atoms with E-state index in [1.807, 2.05) is 0 Å². The Morgan fingerprint density at radius 2 is 1.63 bits per heavy atom. The maximum Gasteiger partial charge on any atom is 0.306 e. The van der Waals surface area contributed by atoms with Crippen LogP contribution in [0.5, 0.6) is 0 Å². The number of carbonyl (C=O) groups excluding carboxylic acids is 3. The molecule has 142 valence electrons. The van der Waals surface area contributed by atoms with Crippen LogP contribution >= 0.6 is 11.6 Å². The molecule has 0 aliphatic rings. The molecular formula is C19H18ClFN2O4. The highest BCUT2D eigenvalue weighted by molar-refractivity contribution is 6.33. The van der Waals surface area contributed by atoms with Gasteiger partial charge in [0, 0.05) is 18.5 Å². The van der Waals surface area contributed by atoms with Crippen molar-refractivity contribution in [3.8, 4) is 0 Å². The van der Waals surface area contributed by atoms with Gasteiger partial charge in [-0.2, -0.15) is 0 Å². The maximum absolute atomic E-state index is 12.8. The Balaban J connectivity index is 1.63. The second-order valence-electron chi connectivity index (χ2n) is 5.60. The van der Waals surface area contributed by atoms with Crippen molar-refractivity contribution >= 4 is 40.8 Å². The summed E-state index contributed by atoms with van der Waals surface area (Å²) < 4.78 is 17.6. The van der Waals surface area contributed by atoms with Crippen LogP contribution in [-0.4, -0.2) is 24.4 Å². The lowest BCUT2D eigenvalue weighted by Crippen LogP contribution is -2.21. The number of benzene rings is 2. The standard InChI is InChI=1S/C19H18ClFN2O4/c20-15-4-1-2-5-16(15)23-17(24)6-3-7-19(26)27-12-18(25)22-14-10-8-13(21)9-11-14/h1-2,4-5,8-11H,3,6-7,12H2,(H,22,25)(H,23,24). The summed E-state index contributed by atoms with van der Waals surface area (Å²) in [5, 5.41) is 5.55. The Kier molecular flexibility index (Phi) is 7.76. The van der Waals surface area contributed by atoms with E-state index in [-0.39, 0.29) is 25.2 Å². The number of halogens is 2. The first-order chi connectivity index (χ1) is 12.9. The van der Waals surface area contributed by atoms with Crippen LogP contribution in [0.15, 0.2) is 48.5 Å². The molecule has 2 rings (SSSR count). The van der Waals surface area contributed by atoms with Crippen LogP contribution in [0.25, 0.3) is 0 Å². The first-order valence-corrected chi connectivity index (χ1v) is 8.57. The summed E-state index contributed by atoms with van der Waals surface area (Å²) in [5.41, 5.74) is 0.901. The Hall–Kier alpha value is -2.93. The molecule has 0 radical (unpaired) electrons. The summed E-state index contributed by atoms with van der Waals surface area (Å²) in [6, 6.07) is 12.0. The topological polar surface area (TPSA) is 84.5 Å². The van der Waals surface area contributed by atoms with Crippen molar-refractivity contribution in [1.82, 2.24) is 0 Å². The average molecular weight is 393 g/mol. The molecule has 0 aliphatic heterocycles. The summed E-state index contributed by atoms with van der Waals surface area (Å²) in [6.45, 7) is -0.456. The molecule has 2 aromatic rings. The number of ether oxygens (including phenoxy) is 1. The lowest BCUT2D eigenvalue weighted by atomic mass is 10.2. The summed E-state index contributed by atoms with van der Waals surface area (Å²) in [5.74, 6) is -1.82. The first-order valence-electron chi connectivity index (χ1n) is 8.19. The number of hydrogen-bond acceptors (Lipinski definition) is 4. The van der Waals surface area contributed by atoms with Gasteiger partial charge in [-0.25, -0.2) is 4.39 Å². The Labute approximate surface area is 160 Å². The zero-order chi connectivity index (χ0) is 19.6. The van der Waals surface area contributed by atoms with Crippen molar-refractivity contribution in [3.05, 3.63) is 59.4 Å². The predicted molar refractivity (Wildman–Crippen MR) is 99.9 cm³/mol. The third-order valence-electron chi connectivity index (χ3n) is 3.42. The average Bonchev–Trinajstić information content (AvgIpc) is 2.64. The number of nitrogens with one attached hydrogen (secondary N) is 2. The zero-order valence-corrected chi connectivity index (χ0v) is 15.1. The number of hydrogen-bond donors (Lipinski definition) is 2. The number of esters is 1. The van der Waals surface area contributed by atoms with Crippen molar-refractivity contribution in [2.24, 2.45) is 0 Å². The lowest BCUT2D eigenvalue weighted by Gasteiger charge is -2.08. The molecule has 0 unspecified atom stereocenters. The summed E-state index contributed by atoms with van der Waals surface area (Å²) in [6.07, 6.45) is 0.385. The molecule has 0 fully saturated rings. The van der Waals surface area contributed by atoms with Crippen LogP contribution < -0.4 is 10.6 Å². The number of anilines is 2. The normalized spacial score (nSPS) is 10.1. The van der Waals surface area contributed by atoms with Crippen molar-refractivity contribution < 1.29 is 23.5 Å². The highest BCUT2D eigenvalue weighted by Gasteiger charge is 2.10. The van der Waals surface area contributed by atoms with Crippen LogP contribution in [-0.2, 0) is 19.1 Å². The number of rotatable bonds is 8. The minimum absolute atomic E-state index is 0.000228. The Morgan fingerprint density at radius 3 is 2.33 bits per heavy atom. The van der Waals surface area contributed by atoms with Crippen LogP contribution in [0.4, 0.5) is 15.8 Å². The van der Waals surface area contributed by atoms with Crippen LogP contribution in [0, 0.1) is 5.82 Å². The van der Waals surface area contributed by atoms with Crippen molar-refractivity contribution in [3.63, 3.8) is 0 Å². The van der Waals surface area contributed by atoms with Gasteiger partial charge in [-0.1, -0.05) is 23.7 Å². The van der Waals surface area contributed by atoms with Crippen LogP contribution in [0.2, 0.25) is 5.02 Å². The molecule has 0 heterocycles. The van der Waals surface area contributed by atoms with Crippen molar-refractivity contribution in [2.75, 3.05) is 17.2 Å². The molecule has 8 heteroatoms. The van der Waals surface area contributed by atoms with E-state index in [2.05, 4.69) is 10.6 Å². The van der Waals surface area contributed by atoms with Gasteiger partial charge in [0.15, 0.2) is 6.61 Å². The fourth-order valence-corrected chi connectivity index (χ4v) is 2.30. The molecule has 0 bridgehead atoms. The summed E-state index contributed by atoms with van der Waals surface area (Å²) >= 11 is 5.94. The second-order valence-corrected chi connectivity index (χ2v) is 6.00. The van der Waals surface area contributed by atoms with E-state index >= 15 is 0 Å². The van der Waals surface area contributed by atoms with Crippen LogP contribution in [0.3, 0.4) is 0 Å². The predicted octanol–water partition coefficient (Wildman–Crippen LogP) is 3.77. The van der Waals surface area contributed by atoms with E-state index in [9.17, 15) is 18.8 Å². The molecule has 2 amide bonds. The van der Waals surface area contributed by atoms with E-state index in [1.165, 1.54) is 24.3 Å². The van der Waals surface area contributed by atoms with Gasteiger partial charge < -0.3 is 15.4 Å². The van der Waals surface area contributed by atoms with Crippen molar-refractivity contribution in [2.45, 2.75) is 19.3 Å². The molecule has 0 saturated heterocycles. The van der Waals surface area contributed by atoms with Gasteiger partial charge in [0.25, 0.3) is 5.91 Å². The molecule has 0 saturated carbocycles. The Bertz CT molecular complexity index is 812. The third-order valence-corrected chi connectivity index (χ3v) is 3.75. The monoisotopic (exact) mass is 392 g/mol. The smallest absolute Gasteiger partial charge is 0.306 e. The molecule has 0 aliphatic carbocycles. The molecule has 6 nitrogen and oxygen atoms in total. The molecule has 0 atom stereocenters. The number of amides is 2. The van der Waals surface area contributed by atoms with E-state index in [1.54, 1.807) is 24.3 Å². The largest absolute Gasteiger partial charge is 0.456 e. The summed E-state index contributed by atoms with van der Waals surface area (Å²) in [4.78, 5) is 35.1. The third kappa shape index (κ3) is 7.45. The van der Waals surface area contributed by atoms with Gasteiger partial charge >= 0.3 is 5.97 Å². The SMILES string of the molecule is O=C(COC(=O)CCCC(=O)Nc1ccccc1Cl)Nc1ccc(F)cc1.